The lowest BCUT2D eigenvalue weighted by Gasteiger charge is -2.14. The zero-order chi connectivity index (χ0) is 19.4. The van der Waals surface area contributed by atoms with Gasteiger partial charge >= 0.3 is 0 Å². The first kappa shape index (κ1) is 19.1. The topological polar surface area (TPSA) is 82.5 Å². The van der Waals surface area contributed by atoms with Crippen molar-refractivity contribution in [3.05, 3.63) is 54.9 Å². The van der Waals surface area contributed by atoms with Crippen molar-refractivity contribution in [1.82, 2.24) is 9.55 Å². The van der Waals surface area contributed by atoms with Crippen LogP contribution in [0.1, 0.15) is 0 Å². The third-order valence-corrected chi connectivity index (χ3v) is 6.29. The highest BCUT2D eigenvalue weighted by molar-refractivity contribution is 7.99. The molecule has 1 N–H and O–H groups in total. The molecule has 7 nitrogen and oxygen atoms in total. The number of sulfonamides is 1. The number of nitrogens with zero attached hydrogens (tertiary/aromatic N) is 2. The molecule has 0 radical (unpaired) electrons. The second-order valence-electron chi connectivity index (χ2n) is 5.54. The molecule has 0 saturated heterocycles. The van der Waals surface area contributed by atoms with Gasteiger partial charge in [0.05, 0.1) is 24.8 Å². The van der Waals surface area contributed by atoms with E-state index in [1.807, 2.05) is 29.9 Å². The number of rotatable bonds is 7. The van der Waals surface area contributed by atoms with E-state index in [0.717, 1.165) is 10.1 Å². The summed E-state index contributed by atoms with van der Waals surface area (Å²) in [4.78, 5) is 5.09. The van der Waals surface area contributed by atoms with Crippen LogP contribution in [0.4, 0.5) is 5.69 Å². The fourth-order valence-electron chi connectivity index (χ4n) is 2.38. The Morgan fingerprint density at radius 3 is 2.48 bits per heavy atom. The highest BCUT2D eigenvalue weighted by Crippen LogP contribution is 2.34. The quantitative estimate of drug-likeness (QED) is 0.649. The Bertz CT molecular complexity index is 1050. The van der Waals surface area contributed by atoms with Gasteiger partial charge in [-0.05, 0) is 36.0 Å². The first-order chi connectivity index (χ1) is 12.9. The van der Waals surface area contributed by atoms with E-state index in [1.54, 1.807) is 24.4 Å². The number of imidazole rings is 1. The van der Waals surface area contributed by atoms with Gasteiger partial charge in [-0.1, -0.05) is 12.1 Å². The van der Waals surface area contributed by atoms with Gasteiger partial charge in [0.1, 0.15) is 0 Å². The summed E-state index contributed by atoms with van der Waals surface area (Å²) in [5.41, 5.74) is 0.472. The average Bonchev–Trinajstić information content (AvgIpc) is 3.07. The molecule has 0 unspecified atom stereocenters. The number of aromatic nitrogens is 2. The lowest BCUT2D eigenvalue weighted by atomic mass is 10.3. The fourth-order valence-corrected chi connectivity index (χ4v) is 4.43. The molecular formula is C18H19N3O4S2. The van der Waals surface area contributed by atoms with E-state index in [2.05, 4.69) is 9.71 Å². The predicted octanol–water partition coefficient (Wildman–Crippen LogP) is 3.39. The molecule has 3 rings (SSSR count). The fraction of sp³-hybridized carbons (Fsp3) is 0.167. The number of benzene rings is 2. The second-order valence-corrected chi connectivity index (χ2v) is 8.23. The SMILES string of the molecule is COc1ccc(S(=O)(=O)Nc2ccccc2Sc2nccn2C)cc1OC. The largest absolute Gasteiger partial charge is 0.493 e. The van der Waals surface area contributed by atoms with Gasteiger partial charge in [0.15, 0.2) is 16.7 Å². The van der Waals surface area contributed by atoms with Gasteiger partial charge < -0.3 is 14.0 Å². The minimum absolute atomic E-state index is 0.0805. The van der Waals surface area contributed by atoms with Gasteiger partial charge in [-0.2, -0.15) is 0 Å². The van der Waals surface area contributed by atoms with E-state index in [0.29, 0.717) is 17.2 Å². The van der Waals surface area contributed by atoms with Crippen LogP contribution in [0.3, 0.4) is 0 Å². The van der Waals surface area contributed by atoms with Crippen molar-refractivity contribution >= 4 is 27.5 Å². The van der Waals surface area contributed by atoms with Crippen LogP contribution in [0.2, 0.25) is 0 Å². The molecule has 0 aliphatic carbocycles. The molecular weight excluding hydrogens is 386 g/mol. The molecule has 2 aromatic carbocycles. The molecule has 0 saturated carbocycles. The van der Waals surface area contributed by atoms with E-state index in [-0.39, 0.29) is 4.90 Å². The molecule has 0 atom stereocenters. The van der Waals surface area contributed by atoms with Crippen LogP contribution in [0.15, 0.2) is 69.8 Å². The number of ether oxygens (including phenoxy) is 2. The first-order valence-electron chi connectivity index (χ1n) is 7.93. The predicted molar refractivity (Wildman–Crippen MR) is 104 cm³/mol. The number of nitrogens with one attached hydrogen (secondary N) is 1. The van der Waals surface area contributed by atoms with Gasteiger partial charge in [-0.25, -0.2) is 13.4 Å². The third kappa shape index (κ3) is 4.20. The lowest BCUT2D eigenvalue weighted by Crippen LogP contribution is -2.13. The van der Waals surface area contributed by atoms with E-state index < -0.39 is 10.0 Å². The van der Waals surface area contributed by atoms with E-state index in [9.17, 15) is 8.42 Å². The van der Waals surface area contributed by atoms with Gasteiger partial charge in [0.2, 0.25) is 0 Å². The smallest absolute Gasteiger partial charge is 0.262 e. The Kier molecular flexibility index (Phi) is 5.62. The average molecular weight is 406 g/mol. The Morgan fingerprint density at radius 1 is 1.07 bits per heavy atom. The van der Waals surface area contributed by atoms with Crippen LogP contribution in [0, 0.1) is 0 Å². The summed E-state index contributed by atoms with van der Waals surface area (Å²) in [6.07, 6.45) is 3.53. The van der Waals surface area contributed by atoms with E-state index in [1.165, 1.54) is 38.1 Å². The zero-order valence-corrected chi connectivity index (χ0v) is 16.7. The van der Waals surface area contributed by atoms with Crippen LogP contribution < -0.4 is 14.2 Å². The molecule has 0 aliphatic rings. The van der Waals surface area contributed by atoms with Crippen LogP contribution in [-0.4, -0.2) is 32.2 Å². The summed E-state index contributed by atoms with van der Waals surface area (Å²) < 4.78 is 40.6. The molecule has 0 amide bonds. The van der Waals surface area contributed by atoms with Crippen LogP contribution >= 0.6 is 11.8 Å². The molecule has 0 spiro atoms. The maximum Gasteiger partial charge on any atom is 0.262 e. The molecule has 9 heteroatoms. The summed E-state index contributed by atoms with van der Waals surface area (Å²) >= 11 is 1.38. The monoisotopic (exact) mass is 405 g/mol. The number of para-hydroxylation sites is 1. The van der Waals surface area contributed by atoms with Crippen molar-refractivity contribution in [2.24, 2.45) is 7.05 Å². The van der Waals surface area contributed by atoms with Crippen molar-refractivity contribution in [2.75, 3.05) is 18.9 Å². The maximum absolute atomic E-state index is 12.9. The Balaban J connectivity index is 1.92. The van der Waals surface area contributed by atoms with E-state index >= 15 is 0 Å². The Hall–Kier alpha value is -2.65. The standard InChI is InChI=1S/C18H19N3O4S2/c1-21-11-10-19-18(21)26-17-7-5-4-6-14(17)20-27(22,23)13-8-9-15(24-2)16(12-13)25-3/h4-12,20H,1-3H3. The molecule has 142 valence electrons. The summed E-state index contributed by atoms with van der Waals surface area (Å²) in [6.45, 7) is 0. The minimum Gasteiger partial charge on any atom is -0.493 e. The highest BCUT2D eigenvalue weighted by Gasteiger charge is 2.19. The van der Waals surface area contributed by atoms with Crippen LogP contribution in [0.5, 0.6) is 11.5 Å². The van der Waals surface area contributed by atoms with Crippen LogP contribution in [-0.2, 0) is 17.1 Å². The lowest BCUT2D eigenvalue weighted by molar-refractivity contribution is 0.354. The maximum atomic E-state index is 12.9. The number of hydrogen-bond acceptors (Lipinski definition) is 6. The van der Waals surface area contributed by atoms with Crippen molar-refractivity contribution in [1.29, 1.82) is 0 Å². The molecule has 0 bridgehead atoms. The molecule has 0 aliphatic heterocycles. The number of hydrogen-bond donors (Lipinski definition) is 1. The molecule has 1 heterocycles. The summed E-state index contributed by atoms with van der Waals surface area (Å²) in [5, 5.41) is 0.757. The van der Waals surface area contributed by atoms with Gasteiger partial charge in [-0.3, -0.25) is 4.72 Å². The number of anilines is 1. The Labute approximate surface area is 162 Å². The first-order valence-corrected chi connectivity index (χ1v) is 10.2. The summed E-state index contributed by atoms with van der Waals surface area (Å²) in [6, 6.07) is 11.6. The van der Waals surface area contributed by atoms with Crippen molar-refractivity contribution in [3.63, 3.8) is 0 Å². The minimum atomic E-state index is -3.81. The molecule has 3 aromatic rings. The normalized spacial score (nSPS) is 11.2. The van der Waals surface area contributed by atoms with Gasteiger partial charge in [0, 0.05) is 30.4 Å². The molecule has 0 fully saturated rings. The van der Waals surface area contributed by atoms with E-state index in [4.69, 9.17) is 9.47 Å². The van der Waals surface area contributed by atoms with Crippen LogP contribution in [0.25, 0.3) is 0 Å². The third-order valence-electron chi connectivity index (χ3n) is 3.77. The highest BCUT2D eigenvalue weighted by atomic mass is 32.2. The molecule has 1 aromatic heterocycles. The molecule has 27 heavy (non-hydrogen) atoms. The number of aryl methyl sites for hydroxylation is 1. The summed E-state index contributed by atoms with van der Waals surface area (Å²) in [5.74, 6) is 0.804. The van der Waals surface area contributed by atoms with Crippen molar-refractivity contribution in [3.8, 4) is 11.5 Å². The van der Waals surface area contributed by atoms with Crippen molar-refractivity contribution in [2.45, 2.75) is 14.9 Å². The number of methoxy groups -OCH3 is 2. The second kappa shape index (κ2) is 7.93. The van der Waals surface area contributed by atoms with Gasteiger partial charge in [0.25, 0.3) is 10.0 Å². The van der Waals surface area contributed by atoms with Gasteiger partial charge in [-0.15, -0.1) is 0 Å². The zero-order valence-electron chi connectivity index (χ0n) is 15.0. The summed E-state index contributed by atoms with van der Waals surface area (Å²) in [7, 11) is 1.03. The van der Waals surface area contributed by atoms with Crippen molar-refractivity contribution < 1.29 is 17.9 Å². The Morgan fingerprint density at radius 2 is 1.81 bits per heavy atom.